The first-order chi connectivity index (χ1) is 46.5. The van der Waals surface area contributed by atoms with Crippen LogP contribution >= 0.6 is 0 Å². The van der Waals surface area contributed by atoms with Crippen molar-refractivity contribution in [3.8, 4) is 23.0 Å². The Morgan fingerprint density at radius 3 is 1.55 bits per heavy atom. The minimum atomic E-state index is -1.21. The van der Waals surface area contributed by atoms with Crippen LogP contribution in [0.3, 0.4) is 0 Å². The van der Waals surface area contributed by atoms with Crippen LogP contribution in [0.5, 0.6) is 23.0 Å². The zero-order chi connectivity index (χ0) is 73.6. The number of aryl methyl sites for hydroxylation is 3. The molecule has 7 aromatic carbocycles. The smallest absolute Gasteiger partial charge is 0.198 e. The number of aromatic nitrogens is 4. The molecular weight excluding hydrogens is 1240 g/mol. The molecule has 5 aliphatic heterocycles. The number of fused-ring (bicyclic) bond motifs is 7. The Hall–Kier alpha value is -7.84. The summed E-state index contributed by atoms with van der Waals surface area (Å²) in [6.45, 7) is 52.5. The largest absolute Gasteiger partial charge is 0.493 e. The van der Waals surface area contributed by atoms with Gasteiger partial charge in [-0.25, -0.2) is 4.68 Å². The molecule has 0 spiro atoms. The van der Waals surface area contributed by atoms with E-state index in [0.29, 0.717) is 31.8 Å². The van der Waals surface area contributed by atoms with Crippen molar-refractivity contribution in [3.63, 3.8) is 0 Å². The fourth-order valence-electron chi connectivity index (χ4n) is 11.9. The van der Waals surface area contributed by atoms with Crippen LogP contribution in [0.4, 0.5) is 0 Å². The van der Waals surface area contributed by atoms with Crippen LogP contribution in [0.25, 0.3) is 22.0 Å². The molecule has 100 heavy (non-hydrogen) atoms. The number of rotatable bonds is 1. The molecule has 0 fully saturated rings. The lowest BCUT2D eigenvalue weighted by Gasteiger charge is -2.34. The van der Waals surface area contributed by atoms with Crippen LogP contribution in [0.2, 0.25) is 0 Å². The number of ether oxygens (including phenoxy) is 6. The van der Waals surface area contributed by atoms with Gasteiger partial charge in [0.25, 0.3) is 0 Å². The van der Waals surface area contributed by atoms with E-state index in [-0.39, 0.29) is 43.7 Å². The highest BCUT2D eigenvalue weighted by Gasteiger charge is 2.37. The topological polar surface area (TPSA) is 149 Å². The number of hydrogen-bond acceptors (Lipinski definition) is 12. The molecule has 0 saturated heterocycles. The van der Waals surface area contributed by atoms with E-state index in [1.165, 1.54) is 69.2 Å². The Balaban J connectivity index is 0.000000149. The summed E-state index contributed by atoms with van der Waals surface area (Å²) >= 11 is 0. The van der Waals surface area contributed by atoms with Crippen molar-refractivity contribution in [2.45, 2.75) is 241 Å². The Morgan fingerprint density at radius 2 is 0.930 bits per heavy atom. The Bertz CT molecular complexity index is 4190. The Labute approximate surface area is 598 Å². The van der Waals surface area contributed by atoms with Crippen LogP contribution in [0.1, 0.15) is 247 Å². The fourth-order valence-corrected chi connectivity index (χ4v) is 11.9. The summed E-state index contributed by atoms with van der Waals surface area (Å²) in [7, 11) is 3.44. The molecule has 9 aromatic rings. The predicted octanol–water partition coefficient (Wildman–Crippen LogP) is 20.4. The normalized spacial score (nSPS) is 16.2. The number of Topliss-reactive ketones (excluding diaryl/α,β-unsaturated/α-hetero) is 1. The molecule has 7 heterocycles. The van der Waals surface area contributed by atoms with Crippen LogP contribution in [-0.4, -0.2) is 64.6 Å². The zero-order valence-electron chi connectivity index (χ0n) is 64.9. The molecule has 13 heteroatoms. The third-order valence-electron chi connectivity index (χ3n) is 19.0. The highest BCUT2D eigenvalue weighted by atomic mass is 16.6. The Kier molecular flexibility index (Phi) is 24.3. The number of hydrogen-bond donors (Lipinski definition) is 1. The van der Waals surface area contributed by atoms with E-state index in [0.717, 1.165) is 101 Å². The third-order valence-corrected chi connectivity index (χ3v) is 19.0. The molecule has 0 saturated carbocycles. The molecule has 0 amide bonds. The zero-order valence-corrected chi connectivity index (χ0v) is 64.9. The summed E-state index contributed by atoms with van der Waals surface area (Å²) in [5.41, 5.74) is 21.1. The standard InChI is InChI=1S/C14H20O3.C13H16O2.C13H18O.C12H15NO.2C12H16O.C11H15N3/c1-13(2,3)10-5-6-12-11(9-10)14(15,16-4)7-8-17-12;1-13(2,3)9-4-5-12-10(8-9)11(14)6-7-15-12;1-13(2,3)11-6-7-12-10(9-11)5-4-8-14-12;1-8-10-7-9(12(2,3)4)5-6-11(10)14-13-8;1-12(2,3)11-5-4-9-7-13-8-10(9)6-11;1-12(2,3)10-5-4-9-6-7-13-11(9)8-10;1-11(2,3)8-5-6-10-9(7-8)12-13-14(10)4/h5-6,9,15H,7-8H2,1-4H3;4-5,8H,6-7H2,1-3H3;6-7,9H,4-5,8H2,1-3H3;5-7H,1-4H3;4-6H,7-8H2,1-3H3;4-5,8H,6-7H2,1-3H3;5-7H,1-4H3. The molecule has 0 radical (unpaired) electrons. The maximum atomic E-state index is 11.7. The van der Waals surface area contributed by atoms with Gasteiger partial charge in [-0.2, -0.15) is 0 Å². The number of carbonyl (C=O) groups excluding carboxylic acids is 1. The molecule has 0 aliphatic carbocycles. The quantitative estimate of drug-likeness (QED) is 0.156. The molecule has 13 nitrogen and oxygen atoms in total. The van der Waals surface area contributed by atoms with Crippen LogP contribution in [-0.2, 0) is 86.3 Å². The van der Waals surface area contributed by atoms with Crippen molar-refractivity contribution in [1.29, 1.82) is 0 Å². The van der Waals surface area contributed by atoms with E-state index >= 15 is 0 Å². The number of aliphatic hydroxyl groups is 1. The van der Waals surface area contributed by atoms with E-state index in [4.69, 9.17) is 32.9 Å². The SMILES string of the molecule is CC(C)(C)c1ccc2c(c1)C(=O)CCO2.CC(C)(C)c1ccc2c(c1)CCCO2.CC(C)(C)c1ccc2c(c1)COC2.CC(C)(C)c1ccc2c(c1)OCC2.COC1(O)CCOc2ccc(C(C)(C)C)cc21.Cc1noc2ccc(C(C)(C)C)cc12.Cn1nnc2cc(C(C)(C)C)ccc21. The van der Waals surface area contributed by atoms with Crippen molar-refractivity contribution in [3.05, 3.63) is 205 Å². The van der Waals surface area contributed by atoms with Crippen LogP contribution in [0.15, 0.2) is 132 Å². The average molecular weight is 1360 g/mol. The number of nitrogens with zero attached hydrogens (tertiary/aromatic N) is 4. The van der Waals surface area contributed by atoms with Crippen molar-refractivity contribution in [2.24, 2.45) is 7.05 Å². The van der Waals surface area contributed by atoms with Gasteiger partial charge in [0, 0.05) is 38.8 Å². The van der Waals surface area contributed by atoms with Crippen molar-refractivity contribution >= 4 is 27.8 Å². The van der Waals surface area contributed by atoms with Gasteiger partial charge in [-0.05, 0) is 180 Å². The van der Waals surface area contributed by atoms with Gasteiger partial charge in [0.1, 0.15) is 28.5 Å². The van der Waals surface area contributed by atoms with Gasteiger partial charge < -0.3 is 38.1 Å². The lowest BCUT2D eigenvalue weighted by Crippen LogP contribution is -2.34. The molecule has 0 bridgehead atoms. The van der Waals surface area contributed by atoms with E-state index in [2.05, 4.69) is 246 Å². The summed E-state index contributed by atoms with van der Waals surface area (Å²) in [4.78, 5) is 11.7. The highest BCUT2D eigenvalue weighted by Crippen LogP contribution is 2.41. The highest BCUT2D eigenvalue weighted by molar-refractivity contribution is 5.99. The second-order valence-electron chi connectivity index (χ2n) is 34.3. The van der Waals surface area contributed by atoms with Gasteiger partial charge in [-0.15, -0.1) is 5.10 Å². The van der Waals surface area contributed by atoms with Crippen molar-refractivity contribution in [2.75, 3.05) is 33.5 Å². The van der Waals surface area contributed by atoms with Gasteiger partial charge in [-0.3, -0.25) is 4.79 Å². The molecule has 538 valence electrons. The molecule has 1 N–H and O–H groups in total. The summed E-state index contributed by atoms with van der Waals surface area (Å²) in [6.07, 6.45) is 4.35. The van der Waals surface area contributed by atoms with Crippen molar-refractivity contribution < 1.29 is 42.8 Å². The predicted molar refractivity (Wildman–Crippen MR) is 407 cm³/mol. The molecule has 1 unspecified atom stereocenters. The molecule has 14 rings (SSSR count). The van der Waals surface area contributed by atoms with E-state index in [9.17, 15) is 9.90 Å². The maximum Gasteiger partial charge on any atom is 0.198 e. The number of ketones is 1. The summed E-state index contributed by atoms with van der Waals surface area (Å²) in [5.74, 6) is 2.61. The van der Waals surface area contributed by atoms with Crippen LogP contribution in [0, 0.1) is 6.92 Å². The van der Waals surface area contributed by atoms with Crippen LogP contribution < -0.4 is 18.9 Å². The van der Waals surface area contributed by atoms with Gasteiger partial charge in [0.2, 0.25) is 0 Å². The minimum Gasteiger partial charge on any atom is -0.493 e. The molecule has 1 atom stereocenters. The van der Waals surface area contributed by atoms with Gasteiger partial charge in [-0.1, -0.05) is 222 Å². The fraction of sp³-hybridized carbons (Fsp3) is 0.494. The summed E-state index contributed by atoms with van der Waals surface area (Å²) in [5, 5.41) is 23.6. The number of methoxy groups -OCH3 is 1. The van der Waals surface area contributed by atoms with E-state index < -0.39 is 5.79 Å². The monoisotopic (exact) mass is 1360 g/mol. The molecule has 5 aliphatic rings. The van der Waals surface area contributed by atoms with Gasteiger partial charge in [0.05, 0.1) is 62.0 Å². The third kappa shape index (κ3) is 20.2. The minimum absolute atomic E-state index is 0.0428. The second kappa shape index (κ2) is 31.2. The second-order valence-corrected chi connectivity index (χ2v) is 34.3. The first-order valence-electron chi connectivity index (χ1n) is 35.8. The number of carbonyl (C=O) groups is 1. The van der Waals surface area contributed by atoms with Gasteiger partial charge >= 0.3 is 0 Å². The lowest BCUT2D eigenvalue weighted by molar-refractivity contribution is -0.209. The van der Waals surface area contributed by atoms with E-state index in [1.807, 2.05) is 56.4 Å². The Morgan fingerprint density at radius 1 is 0.460 bits per heavy atom. The first kappa shape index (κ1) is 77.9. The summed E-state index contributed by atoms with van der Waals surface area (Å²) in [6, 6.07) is 44.4. The van der Waals surface area contributed by atoms with Crippen molar-refractivity contribution in [1.82, 2.24) is 20.2 Å². The van der Waals surface area contributed by atoms with Gasteiger partial charge in [0.15, 0.2) is 17.2 Å². The van der Waals surface area contributed by atoms with E-state index in [1.54, 1.807) is 4.68 Å². The summed E-state index contributed by atoms with van der Waals surface area (Å²) < 4.78 is 39.7. The number of benzene rings is 7. The molecular formula is C87H116N4O9. The average Bonchev–Trinajstić information content (AvgIpc) is 1.11. The maximum absolute atomic E-state index is 11.7. The lowest BCUT2D eigenvalue weighted by atomic mass is 9.84. The molecule has 2 aromatic heterocycles. The first-order valence-corrected chi connectivity index (χ1v) is 35.8.